The molecule has 4 aliphatic rings. The Morgan fingerprint density at radius 1 is 0.979 bits per heavy atom. The van der Waals surface area contributed by atoms with E-state index in [1.807, 2.05) is 74.5 Å². The van der Waals surface area contributed by atoms with Crippen molar-refractivity contribution >= 4 is 29.4 Å². The number of unbranched alkanes of at least 4 members (excludes halogenated alkanes) is 2. The second-order valence-electron chi connectivity index (χ2n) is 13.4. The lowest BCUT2D eigenvalue weighted by molar-refractivity contribution is -0.161. The zero-order chi connectivity index (χ0) is 34.0. The molecule has 2 fully saturated rings. The van der Waals surface area contributed by atoms with E-state index >= 15 is 0 Å². The number of aliphatic hydroxyl groups excluding tert-OH is 1. The van der Waals surface area contributed by atoms with Gasteiger partial charge in [0.15, 0.2) is 0 Å². The summed E-state index contributed by atoms with van der Waals surface area (Å²) in [5.41, 5.74) is 1.99. The number of esters is 1. The number of rotatable bonds is 7. The number of anilines is 1. The molecule has 6 rings (SSSR count). The fourth-order valence-corrected chi connectivity index (χ4v) is 7.74. The third-order valence-electron chi connectivity index (χ3n) is 10.1. The highest BCUT2D eigenvalue weighted by molar-refractivity contribution is 6.06. The molecule has 4 heterocycles. The highest BCUT2D eigenvalue weighted by Gasteiger charge is 2.71. The first-order valence-electron chi connectivity index (χ1n) is 17.0. The number of likely N-dealkylation sites (tertiary alicyclic amines) is 1. The zero-order valence-corrected chi connectivity index (χ0v) is 27.8. The summed E-state index contributed by atoms with van der Waals surface area (Å²) in [6.45, 7) is 6.33. The summed E-state index contributed by atoms with van der Waals surface area (Å²) in [5, 5.41) is 12.4. The van der Waals surface area contributed by atoms with E-state index in [-0.39, 0.29) is 43.8 Å². The monoisotopic (exact) mass is 655 g/mol. The normalized spacial score (nSPS) is 31.2. The molecule has 0 unspecified atom stereocenters. The summed E-state index contributed by atoms with van der Waals surface area (Å²) in [6, 6.07) is 13.6. The average Bonchev–Trinajstić information content (AvgIpc) is 3.45. The summed E-state index contributed by atoms with van der Waals surface area (Å²) in [5.74, 6) is -3.42. The third kappa shape index (κ3) is 6.19. The standard InChI is InChI=1S/C38H45N3O7/c1-24-17-18-25(2)28(23-24)40-21-12-19-38-32(35(44)41(34(38)36(40)45)20-10-5-11-22-42)31-29(48-38)15-8-9-16-30(43)39-26(3)33(47-37(31)46)27-13-6-4-7-14-27/h4,6-8,12-15,17-19,23,26,29,31-34,42H,5,9-11,16,20-22H2,1-3H3,(H,39,43)/b15-8-/t26-,29-,31+,32+,33+,34-,38+/m1/s1. The number of aryl methyl sites for hydroxylation is 2. The largest absolute Gasteiger partial charge is 0.455 e. The second kappa shape index (κ2) is 14.1. The van der Waals surface area contributed by atoms with Crippen molar-refractivity contribution in [2.75, 3.05) is 24.6 Å². The van der Waals surface area contributed by atoms with Crippen molar-refractivity contribution < 1.29 is 33.8 Å². The zero-order valence-electron chi connectivity index (χ0n) is 27.8. The molecule has 7 atom stereocenters. The van der Waals surface area contributed by atoms with Crippen molar-refractivity contribution in [3.05, 3.63) is 89.5 Å². The second-order valence-corrected chi connectivity index (χ2v) is 13.4. The number of carbonyl (C=O) groups excluding carboxylic acids is 4. The van der Waals surface area contributed by atoms with E-state index in [9.17, 15) is 24.3 Å². The fraction of sp³-hybridized carbons (Fsp3) is 0.474. The molecule has 2 saturated heterocycles. The first-order valence-corrected chi connectivity index (χ1v) is 17.0. The highest BCUT2D eigenvalue weighted by atomic mass is 16.6. The van der Waals surface area contributed by atoms with E-state index in [2.05, 4.69) is 5.32 Å². The van der Waals surface area contributed by atoms with Gasteiger partial charge in [-0.2, -0.15) is 0 Å². The van der Waals surface area contributed by atoms with Crippen molar-refractivity contribution in [3.8, 4) is 0 Å². The third-order valence-corrected chi connectivity index (χ3v) is 10.1. The van der Waals surface area contributed by atoms with Gasteiger partial charge in [-0.05, 0) is 69.2 Å². The predicted molar refractivity (Wildman–Crippen MR) is 180 cm³/mol. The molecule has 1 spiro atoms. The SMILES string of the molecule is Cc1ccc(C)c(N2CC=C[C@]34O[C@@H]5/C=C\CCC(=O)N[C@H](C)[C@@H](c6ccccc6)OC(=O)[C@@H]5[C@H]3C(=O)N(CCCCCO)[C@@H]4C2=O)c1. The van der Waals surface area contributed by atoms with Crippen LogP contribution in [0.2, 0.25) is 0 Å². The first-order chi connectivity index (χ1) is 23.2. The minimum absolute atomic E-state index is 0.0402. The van der Waals surface area contributed by atoms with Crippen LogP contribution < -0.4 is 10.2 Å². The van der Waals surface area contributed by atoms with Crippen LogP contribution in [0.5, 0.6) is 0 Å². The number of carbonyl (C=O) groups is 4. The van der Waals surface area contributed by atoms with Crippen LogP contribution in [0.4, 0.5) is 5.69 Å². The van der Waals surface area contributed by atoms with Crippen molar-refractivity contribution in [2.24, 2.45) is 11.8 Å². The van der Waals surface area contributed by atoms with E-state index in [0.29, 0.717) is 31.2 Å². The molecule has 0 bridgehead atoms. The van der Waals surface area contributed by atoms with Crippen LogP contribution in [0.1, 0.15) is 61.8 Å². The Kier molecular flexibility index (Phi) is 9.85. The molecule has 0 aliphatic carbocycles. The molecule has 2 aromatic carbocycles. The summed E-state index contributed by atoms with van der Waals surface area (Å²) in [4.78, 5) is 60.0. The minimum atomic E-state index is -1.42. The predicted octanol–water partition coefficient (Wildman–Crippen LogP) is 4.09. The van der Waals surface area contributed by atoms with E-state index in [1.165, 1.54) is 0 Å². The molecular formula is C38H45N3O7. The van der Waals surface area contributed by atoms with Gasteiger partial charge in [-0.15, -0.1) is 0 Å². The van der Waals surface area contributed by atoms with Crippen LogP contribution in [0.15, 0.2) is 72.8 Å². The molecule has 0 aromatic heterocycles. The Bertz CT molecular complexity index is 1610. The Morgan fingerprint density at radius 2 is 1.77 bits per heavy atom. The van der Waals surface area contributed by atoms with Crippen molar-refractivity contribution in [3.63, 3.8) is 0 Å². The van der Waals surface area contributed by atoms with Crippen molar-refractivity contribution in [2.45, 2.75) is 82.8 Å². The van der Waals surface area contributed by atoms with Gasteiger partial charge in [0, 0.05) is 31.8 Å². The van der Waals surface area contributed by atoms with Crippen LogP contribution in [-0.2, 0) is 28.7 Å². The molecule has 10 nitrogen and oxygen atoms in total. The van der Waals surface area contributed by atoms with Crippen molar-refractivity contribution in [1.82, 2.24) is 10.2 Å². The Hall–Kier alpha value is -4.28. The molecule has 10 heteroatoms. The molecule has 4 aliphatic heterocycles. The summed E-state index contributed by atoms with van der Waals surface area (Å²) in [6.07, 6.45) is 8.06. The van der Waals surface area contributed by atoms with E-state index in [0.717, 1.165) is 16.8 Å². The van der Waals surface area contributed by atoms with Gasteiger partial charge in [0.1, 0.15) is 23.7 Å². The number of amides is 3. The van der Waals surface area contributed by atoms with Gasteiger partial charge in [-0.1, -0.05) is 66.8 Å². The summed E-state index contributed by atoms with van der Waals surface area (Å²) < 4.78 is 13.1. The Balaban J connectivity index is 1.43. The number of allylic oxidation sites excluding steroid dienone is 1. The lowest BCUT2D eigenvalue weighted by Gasteiger charge is -2.35. The Morgan fingerprint density at radius 3 is 2.54 bits per heavy atom. The lowest BCUT2D eigenvalue weighted by Crippen LogP contribution is -2.55. The molecule has 0 saturated carbocycles. The number of ether oxygens (including phenoxy) is 2. The number of hydrogen-bond acceptors (Lipinski definition) is 7. The first kappa shape index (κ1) is 33.6. The number of hydrogen-bond donors (Lipinski definition) is 2. The van der Waals surface area contributed by atoms with Crippen LogP contribution >= 0.6 is 0 Å². The molecule has 2 N–H and O–H groups in total. The van der Waals surface area contributed by atoms with E-state index in [4.69, 9.17) is 9.47 Å². The highest BCUT2D eigenvalue weighted by Crippen LogP contribution is 2.53. The molecule has 0 radical (unpaired) electrons. The maximum absolute atomic E-state index is 14.8. The maximum atomic E-state index is 14.8. The van der Waals surface area contributed by atoms with Crippen LogP contribution in [0.25, 0.3) is 0 Å². The molecule has 2 aromatic rings. The quantitative estimate of drug-likeness (QED) is 0.262. The van der Waals surface area contributed by atoms with Crippen molar-refractivity contribution in [1.29, 1.82) is 0 Å². The Labute approximate surface area is 281 Å². The van der Waals surface area contributed by atoms with Gasteiger partial charge in [0.05, 0.1) is 18.1 Å². The number of cyclic esters (lactones) is 1. The maximum Gasteiger partial charge on any atom is 0.313 e. The van der Waals surface area contributed by atoms with Gasteiger partial charge >= 0.3 is 5.97 Å². The summed E-state index contributed by atoms with van der Waals surface area (Å²) in [7, 11) is 0. The van der Waals surface area contributed by atoms with Gasteiger partial charge < -0.3 is 29.7 Å². The molecule has 48 heavy (non-hydrogen) atoms. The van der Waals surface area contributed by atoms with Crippen LogP contribution in [0, 0.1) is 25.7 Å². The number of benzene rings is 2. The minimum Gasteiger partial charge on any atom is -0.455 e. The molecule has 254 valence electrons. The number of aliphatic hydroxyl groups is 1. The van der Waals surface area contributed by atoms with Gasteiger partial charge in [-0.3, -0.25) is 19.2 Å². The topological polar surface area (TPSA) is 125 Å². The number of nitrogens with zero attached hydrogens (tertiary/aromatic N) is 2. The van der Waals surface area contributed by atoms with Crippen LogP contribution in [-0.4, -0.2) is 77.2 Å². The fourth-order valence-electron chi connectivity index (χ4n) is 7.74. The van der Waals surface area contributed by atoms with E-state index in [1.54, 1.807) is 28.9 Å². The number of fused-ring (bicyclic) bond motifs is 2. The smallest absolute Gasteiger partial charge is 0.313 e. The average molecular weight is 656 g/mol. The summed E-state index contributed by atoms with van der Waals surface area (Å²) >= 11 is 0. The van der Waals surface area contributed by atoms with E-state index < -0.39 is 47.7 Å². The van der Waals surface area contributed by atoms with Gasteiger partial charge in [-0.25, -0.2) is 0 Å². The van der Waals surface area contributed by atoms with Crippen LogP contribution in [0.3, 0.4) is 0 Å². The molecule has 3 amide bonds. The van der Waals surface area contributed by atoms with Gasteiger partial charge in [0.25, 0.3) is 5.91 Å². The lowest BCUT2D eigenvalue weighted by atomic mass is 9.77. The number of nitrogens with one attached hydrogen (secondary N) is 1. The van der Waals surface area contributed by atoms with Gasteiger partial charge in [0.2, 0.25) is 11.8 Å². The molecular weight excluding hydrogens is 610 g/mol.